The number of nitrogens with zero attached hydrogens (tertiary/aromatic N) is 2. The van der Waals surface area contributed by atoms with Crippen LogP contribution in [0, 0.1) is 5.92 Å². The largest absolute Gasteiger partial charge is 0.479 e. The van der Waals surface area contributed by atoms with Crippen LogP contribution in [0.4, 0.5) is 0 Å². The molecule has 6 nitrogen and oxygen atoms in total. The predicted octanol–water partition coefficient (Wildman–Crippen LogP) is 1.99. The van der Waals surface area contributed by atoms with E-state index in [-0.39, 0.29) is 12.5 Å². The maximum Gasteiger partial charge on any atom is 0.333 e. The summed E-state index contributed by atoms with van der Waals surface area (Å²) >= 11 is 0. The Hall–Kier alpha value is -1.40. The molecule has 3 N–H and O–H groups in total. The van der Waals surface area contributed by atoms with Crippen molar-refractivity contribution in [3.05, 3.63) is 18.2 Å². The summed E-state index contributed by atoms with van der Waals surface area (Å²) in [5.41, 5.74) is 6.25. The quantitative estimate of drug-likeness (QED) is 0.804. The van der Waals surface area contributed by atoms with Crippen molar-refractivity contribution in [3.8, 4) is 0 Å². The molecule has 0 radical (unpaired) electrons. The highest BCUT2D eigenvalue weighted by Crippen LogP contribution is 2.31. The Balaban J connectivity index is 1.96. The van der Waals surface area contributed by atoms with Crippen LogP contribution in [0.25, 0.3) is 0 Å². The number of carboxylic acids is 1. The molecule has 2 unspecified atom stereocenters. The van der Waals surface area contributed by atoms with Gasteiger partial charge in [0.25, 0.3) is 0 Å². The van der Waals surface area contributed by atoms with E-state index in [0.717, 1.165) is 11.6 Å². The summed E-state index contributed by atoms with van der Waals surface area (Å²) < 4.78 is 7.59. The molecule has 0 amide bonds. The van der Waals surface area contributed by atoms with Crippen molar-refractivity contribution in [1.82, 2.24) is 9.55 Å². The first-order chi connectivity index (χ1) is 10.5. The molecule has 0 aliphatic heterocycles. The molecular formula is C16H27N3O3. The first-order valence-corrected chi connectivity index (χ1v) is 8.10. The molecular weight excluding hydrogens is 282 g/mol. The minimum atomic E-state index is -0.971. The van der Waals surface area contributed by atoms with Crippen LogP contribution in [0.3, 0.4) is 0 Å². The Bertz CT molecular complexity index is 481. The van der Waals surface area contributed by atoms with E-state index in [1.807, 2.05) is 12.5 Å². The van der Waals surface area contributed by atoms with Crippen molar-refractivity contribution >= 4 is 5.97 Å². The van der Waals surface area contributed by atoms with Crippen LogP contribution in [0.2, 0.25) is 0 Å². The van der Waals surface area contributed by atoms with Crippen molar-refractivity contribution < 1.29 is 14.6 Å². The fourth-order valence-corrected chi connectivity index (χ4v) is 2.94. The Morgan fingerprint density at radius 1 is 1.50 bits per heavy atom. The zero-order chi connectivity index (χ0) is 16.1. The highest BCUT2D eigenvalue weighted by atomic mass is 16.5. The van der Waals surface area contributed by atoms with E-state index in [9.17, 15) is 9.90 Å². The first kappa shape index (κ1) is 17.0. The van der Waals surface area contributed by atoms with Gasteiger partial charge in [0.15, 0.2) is 6.10 Å². The maximum atomic E-state index is 11.3. The molecule has 0 aromatic carbocycles. The average Bonchev–Trinajstić information content (AvgIpc) is 2.95. The third-order valence-corrected chi connectivity index (χ3v) is 4.46. The molecule has 2 rings (SSSR count). The number of imidazole rings is 1. The Labute approximate surface area is 131 Å². The number of hydrogen-bond donors (Lipinski definition) is 2. The van der Waals surface area contributed by atoms with Crippen LogP contribution < -0.4 is 5.73 Å². The lowest BCUT2D eigenvalue weighted by Gasteiger charge is -2.26. The van der Waals surface area contributed by atoms with Gasteiger partial charge in [-0.2, -0.15) is 0 Å². The van der Waals surface area contributed by atoms with Gasteiger partial charge in [-0.05, 0) is 38.5 Å². The average molecular weight is 309 g/mol. The summed E-state index contributed by atoms with van der Waals surface area (Å²) in [5, 5.41) is 9.26. The maximum absolute atomic E-state index is 11.3. The molecule has 1 aromatic rings. The number of nitrogens with two attached hydrogens (primary N) is 1. The van der Waals surface area contributed by atoms with Crippen LogP contribution in [0.15, 0.2) is 12.5 Å². The van der Waals surface area contributed by atoms with Gasteiger partial charge < -0.3 is 20.1 Å². The van der Waals surface area contributed by atoms with E-state index < -0.39 is 12.1 Å². The summed E-state index contributed by atoms with van der Waals surface area (Å²) in [6.45, 7) is 4.37. The van der Waals surface area contributed by atoms with Crippen molar-refractivity contribution in [3.63, 3.8) is 0 Å². The molecule has 0 spiro atoms. The zero-order valence-electron chi connectivity index (χ0n) is 13.4. The molecule has 6 heteroatoms. The normalized spacial score (nSPS) is 24.9. The number of carbonyl (C=O) groups is 1. The second-order valence-electron chi connectivity index (χ2n) is 6.44. The lowest BCUT2D eigenvalue weighted by atomic mass is 9.87. The number of rotatable bonds is 7. The number of aliphatic carboxylic acids is 1. The minimum Gasteiger partial charge on any atom is -0.479 e. The predicted molar refractivity (Wildman–Crippen MR) is 83.6 cm³/mol. The summed E-state index contributed by atoms with van der Waals surface area (Å²) in [4.78, 5) is 15.7. The van der Waals surface area contributed by atoms with Crippen molar-refractivity contribution in [2.24, 2.45) is 11.7 Å². The minimum absolute atomic E-state index is 0.274. The van der Waals surface area contributed by atoms with Crippen molar-refractivity contribution in [1.29, 1.82) is 0 Å². The third-order valence-electron chi connectivity index (χ3n) is 4.46. The molecule has 1 aliphatic carbocycles. The number of ether oxygens (including phenoxy) is 1. The molecule has 1 heterocycles. The highest BCUT2D eigenvalue weighted by Gasteiger charge is 2.24. The fourth-order valence-electron chi connectivity index (χ4n) is 2.94. The van der Waals surface area contributed by atoms with Gasteiger partial charge in [0.2, 0.25) is 0 Å². The van der Waals surface area contributed by atoms with E-state index in [4.69, 9.17) is 10.5 Å². The van der Waals surface area contributed by atoms with Gasteiger partial charge in [-0.3, -0.25) is 0 Å². The zero-order valence-corrected chi connectivity index (χ0v) is 13.4. The lowest BCUT2D eigenvalue weighted by Crippen LogP contribution is -2.33. The van der Waals surface area contributed by atoms with E-state index >= 15 is 0 Å². The van der Waals surface area contributed by atoms with Crippen LogP contribution in [0.5, 0.6) is 0 Å². The third kappa shape index (κ3) is 4.55. The van der Waals surface area contributed by atoms with Crippen LogP contribution in [-0.4, -0.2) is 39.4 Å². The highest BCUT2D eigenvalue weighted by molar-refractivity contribution is 5.72. The van der Waals surface area contributed by atoms with E-state index in [0.29, 0.717) is 12.6 Å². The summed E-state index contributed by atoms with van der Waals surface area (Å²) in [7, 11) is 0. The van der Waals surface area contributed by atoms with Gasteiger partial charge in [0, 0.05) is 25.2 Å². The molecule has 0 bridgehead atoms. The van der Waals surface area contributed by atoms with Gasteiger partial charge in [-0.25, -0.2) is 9.78 Å². The molecule has 124 valence electrons. The van der Waals surface area contributed by atoms with Gasteiger partial charge in [-0.15, -0.1) is 0 Å². The fraction of sp³-hybridized carbons (Fsp3) is 0.750. The molecule has 1 aliphatic rings. The lowest BCUT2D eigenvalue weighted by molar-refractivity contribution is -0.153. The Morgan fingerprint density at radius 3 is 2.77 bits per heavy atom. The van der Waals surface area contributed by atoms with Gasteiger partial charge in [-0.1, -0.05) is 6.92 Å². The van der Waals surface area contributed by atoms with Gasteiger partial charge in [0.05, 0.1) is 18.1 Å². The molecule has 22 heavy (non-hydrogen) atoms. The Morgan fingerprint density at radius 2 is 2.18 bits per heavy atom. The second-order valence-corrected chi connectivity index (χ2v) is 6.44. The number of carboxylic acid groups (broad SMARTS) is 1. The smallest absolute Gasteiger partial charge is 0.333 e. The van der Waals surface area contributed by atoms with Crippen LogP contribution >= 0.6 is 0 Å². The van der Waals surface area contributed by atoms with E-state index in [1.54, 1.807) is 6.92 Å². The van der Waals surface area contributed by atoms with Gasteiger partial charge in [0.1, 0.15) is 0 Å². The topological polar surface area (TPSA) is 90.4 Å². The number of hydrogen-bond acceptors (Lipinski definition) is 4. The van der Waals surface area contributed by atoms with E-state index in [2.05, 4.69) is 16.5 Å². The summed E-state index contributed by atoms with van der Waals surface area (Å²) in [5.74, 6) is -0.164. The van der Waals surface area contributed by atoms with Crippen molar-refractivity contribution in [2.45, 2.75) is 64.2 Å². The van der Waals surface area contributed by atoms with Crippen LogP contribution in [0.1, 0.15) is 51.3 Å². The molecule has 1 saturated carbocycles. The molecule has 1 fully saturated rings. The van der Waals surface area contributed by atoms with Gasteiger partial charge >= 0.3 is 5.97 Å². The molecule has 1 aromatic heterocycles. The monoisotopic (exact) mass is 309 g/mol. The first-order valence-electron chi connectivity index (χ1n) is 8.10. The van der Waals surface area contributed by atoms with Crippen molar-refractivity contribution in [2.75, 3.05) is 6.54 Å². The van der Waals surface area contributed by atoms with E-state index in [1.165, 1.54) is 25.7 Å². The standard InChI is InChI=1S/C16H27N3O3/c1-11-3-5-14(6-4-11)19-9-13(18-10-19)7-15(16(20)21)22-12(2)8-17/h9-12,14-15H,3-8,17H2,1-2H3,(H,20,21)/t11-,12?,14-,15?. The summed E-state index contributed by atoms with van der Waals surface area (Å²) in [6, 6.07) is 0.490. The second kappa shape index (κ2) is 7.74. The molecule has 0 saturated heterocycles. The Kier molecular flexibility index (Phi) is 5.97. The van der Waals surface area contributed by atoms with Crippen LogP contribution in [-0.2, 0) is 16.0 Å². The summed E-state index contributed by atoms with van der Waals surface area (Å²) in [6.07, 6.45) is 7.71. The SMILES string of the molecule is CC(CN)OC(Cc1cn([C@H]2CC[C@H](C)CC2)cn1)C(=O)O. The molecule has 2 atom stereocenters. The number of aromatic nitrogens is 2.